The third kappa shape index (κ3) is 2.51. The molecule has 4 aliphatic carbocycles. The second-order valence-electron chi connectivity index (χ2n) is 9.53. The van der Waals surface area contributed by atoms with Gasteiger partial charge < -0.3 is 4.74 Å². The van der Waals surface area contributed by atoms with Gasteiger partial charge in [-0.15, -0.1) is 0 Å². The Labute approximate surface area is 155 Å². The van der Waals surface area contributed by atoms with E-state index in [1.165, 1.54) is 5.57 Å². The van der Waals surface area contributed by atoms with Gasteiger partial charge >= 0.3 is 5.97 Å². The Hall–Kier alpha value is -1.19. The predicted octanol–water partition coefficient (Wildman–Crippen LogP) is 4.79. The van der Waals surface area contributed by atoms with Gasteiger partial charge in [-0.05, 0) is 74.2 Å². The molecule has 0 saturated heterocycles. The molecule has 4 heteroatoms. The van der Waals surface area contributed by atoms with Crippen LogP contribution in [0, 0.1) is 28.6 Å². The number of ether oxygens (including phenoxy) is 1. The van der Waals surface area contributed by atoms with E-state index in [-0.39, 0.29) is 28.7 Å². The minimum absolute atomic E-state index is 0.0347. The molecule has 3 saturated carbocycles. The van der Waals surface area contributed by atoms with Gasteiger partial charge in [-0.2, -0.15) is 0 Å². The molecule has 0 amide bonds. The van der Waals surface area contributed by atoms with Gasteiger partial charge in [-0.1, -0.05) is 26.3 Å². The van der Waals surface area contributed by atoms with E-state index in [1.54, 1.807) is 6.08 Å². The Morgan fingerprint density at radius 1 is 1.23 bits per heavy atom. The van der Waals surface area contributed by atoms with Crippen LogP contribution in [0.3, 0.4) is 0 Å². The third-order valence-electron chi connectivity index (χ3n) is 8.44. The molecule has 0 N–H and O–H groups in total. The van der Waals surface area contributed by atoms with Gasteiger partial charge in [0.15, 0.2) is 12.0 Å². The smallest absolute Gasteiger partial charge is 0.305 e. The highest BCUT2D eigenvalue weighted by Gasteiger charge is 2.60. The summed E-state index contributed by atoms with van der Waals surface area (Å²) in [5, 5.41) is 0. The predicted molar refractivity (Wildman–Crippen MR) is 97.2 cm³/mol. The lowest BCUT2D eigenvalue weighted by molar-refractivity contribution is -0.159. The average Bonchev–Trinajstić information content (AvgIpc) is 2.93. The highest BCUT2D eigenvalue weighted by atomic mass is 19.1. The van der Waals surface area contributed by atoms with Crippen LogP contribution in [0.15, 0.2) is 11.6 Å². The maximum absolute atomic E-state index is 14.3. The van der Waals surface area contributed by atoms with Gasteiger partial charge in [0.25, 0.3) is 0 Å². The molecule has 7 atom stereocenters. The summed E-state index contributed by atoms with van der Waals surface area (Å²) < 4.78 is 20.1. The number of alkyl halides is 1. The summed E-state index contributed by atoms with van der Waals surface area (Å²) in [5.74, 6) is 1.13. The number of carbonyl (C=O) groups is 2. The summed E-state index contributed by atoms with van der Waals surface area (Å²) in [7, 11) is 0. The summed E-state index contributed by atoms with van der Waals surface area (Å²) in [6, 6.07) is 0. The van der Waals surface area contributed by atoms with E-state index >= 15 is 0 Å². The fraction of sp³-hybridized carbons (Fsp3) is 0.818. The van der Waals surface area contributed by atoms with E-state index in [1.807, 2.05) is 6.92 Å². The van der Waals surface area contributed by atoms with E-state index < -0.39 is 6.17 Å². The Kier molecular flexibility index (Phi) is 4.32. The molecular formula is C22H31FO3. The van der Waals surface area contributed by atoms with Crippen molar-refractivity contribution in [1.29, 1.82) is 0 Å². The highest BCUT2D eigenvalue weighted by molar-refractivity contribution is 5.95. The van der Waals surface area contributed by atoms with Crippen molar-refractivity contribution in [2.45, 2.75) is 84.4 Å². The molecule has 3 fully saturated rings. The molecule has 26 heavy (non-hydrogen) atoms. The summed E-state index contributed by atoms with van der Waals surface area (Å²) in [5.41, 5.74) is 1.08. The van der Waals surface area contributed by atoms with Crippen LogP contribution in [0.25, 0.3) is 0 Å². The number of carbonyl (C=O) groups excluding carboxylic acids is 2. The minimum atomic E-state index is -1.34. The van der Waals surface area contributed by atoms with Crippen molar-refractivity contribution in [1.82, 2.24) is 0 Å². The van der Waals surface area contributed by atoms with Crippen LogP contribution < -0.4 is 0 Å². The second-order valence-corrected chi connectivity index (χ2v) is 9.53. The van der Waals surface area contributed by atoms with E-state index in [2.05, 4.69) is 13.8 Å². The fourth-order valence-electron chi connectivity index (χ4n) is 6.97. The topological polar surface area (TPSA) is 43.4 Å². The number of esters is 1. The first kappa shape index (κ1) is 18.2. The van der Waals surface area contributed by atoms with Crippen molar-refractivity contribution in [3.05, 3.63) is 11.6 Å². The van der Waals surface area contributed by atoms with Crippen molar-refractivity contribution in [3.8, 4) is 0 Å². The lowest BCUT2D eigenvalue weighted by Gasteiger charge is -2.58. The van der Waals surface area contributed by atoms with Crippen LogP contribution >= 0.6 is 0 Å². The van der Waals surface area contributed by atoms with E-state index in [0.717, 1.165) is 38.5 Å². The first-order chi connectivity index (χ1) is 12.3. The van der Waals surface area contributed by atoms with Crippen molar-refractivity contribution >= 4 is 11.8 Å². The number of rotatable bonds is 2. The second kappa shape index (κ2) is 6.17. The molecule has 0 aromatic carbocycles. The monoisotopic (exact) mass is 362 g/mol. The van der Waals surface area contributed by atoms with Gasteiger partial charge in [-0.3, -0.25) is 9.59 Å². The standard InChI is InChI=1S/C22H31FO3/c1-4-20(25)26-19-8-7-15-14-6-5-13-11-18(24)17(23)12-22(13,3)16(14)9-10-21(15,19)2/h11,14-17,19H,4-10,12H2,1-3H3/t14-,15+,16+,17+,19+,21+,22-/m0/s1. The number of hydrogen-bond donors (Lipinski definition) is 0. The molecule has 0 heterocycles. The van der Waals surface area contributed by atoms with Crippen LogP contribution in [-0.4, -0.2) is 24.0 Å². The maximum atomic E-state index is 14.3. The van der Waals surface area contributed by atoms with Gasteiger partial charge in [0.1, 0.15) is 6.10 Å². The molecule has 0 bridgehead atoms. The maximum Gasteiger partial charge on any atom is 0.305 e. The molecule has 144 valence electrons. The molecule has 0 spiro atoms. The first-order valence-corrected chi connectivity index (χ1v) is 10.4. The zero-order valence-electron chi connectivity index (χ0n) is 16.2. The van der Waals surface area contributed by atoms with Crippen LogP contribution in [-0.2, 0) is 14.3 Å². The van der Waals surface area contributed by atoms with Crippen molar-refractivity contribution in [3.63, 3.8) is 0 Å². The summed E-state index contributed by atoms with van der Waals surface area (Å²) in [6.07, 6.45) is 7.27. The van der Waals surface area contributed by atoms with Crippen LogP contribution in [0.2, 0.25) is 0 Å². The summed E-state index contributed by atoms with van der Waals surface area (Å²) in [6.45, 7) is 6.35. The Bertz CT molecular complexity index is 656. The molecule has 0 aromatic heterocycles. The molecule has 0 radical (unpaired) electrons. The summed E-state index contributed by atoms with van der Waals surface area (Å²) in [4.78, 5) is 23.7. The molecule has 0 aromatic rings. The average molecular weight is 362 g/mol. The van der Waals surface area contributed by atoms with Crippen LogP contribution in [0.1, 0.15) is 72.1 Å². The Morgan fingerprint density at radius 3 is 2.73 bits per heavy atom. The largest absolute Gasteiger partial charge is 0.462 e. The van der Waals surface area contributed by atoms with Crippen molar-refractivity contribution in [2.75, 3.05) is 0 Å². The Balaban J connectivity index is 1.60. The van der Waals surface area contributed by atoms with Gasteiger partial charge in [0, 0.05) is 11.8 Å². The molecule has 4 rings (SSSR count). The minimum Gasteiger partial charge on any atom is -0.462 e. The number of halogens is 1. The fourth-order valence-corrected chi connectivity index (χ4v) is 6.97. The van der Waals surface area contributed by atoms with E-state index in [9.17, 15) is 14.0 Å². The van der Waals surface area contributed by atoms with E-state index in [4.69, 9.17) is 4.74 Å². The summed E-state index contributed by atoms with van der Waals surface area (Å²) >= 11 is 0. The highest BCUT2D eigenvalue weighted by Crippen LogP contribution is 2.65. The van der Waals surface area contributed by atoms with Crippen molar-refractivity contribution in [2.24, 2.45) is 28.6 Å². The quantitative estimate of drug-likeness (QED) is 0.664. The first-order valence-electron chi connectivity index (χ1n) is 10.4. The lowest BCUT2D eigenvalue weighted by Crippen LogP contribution is -2.52. The molecule has 0 aliphatic heterocycles. The SMILES string of the molecule is CCC(=O)O[C@@H]1CC[C@@H]2[C@@H]3CCC4=CC(=O)[C@H](F)C[C@]4(C)[C@@H]3CC[C@]21C. The van der Waals surface area contributed by atoms with Gasteiger partial charge in [0.2, 0.25) is 0 Å². The molecular weight excluding hydrogens is 331 g/mol. The van der Waals surface area contributed by atoms with Gasteiger partial charge in [-0.25, -0.2) is 4.39 Å². The molecule has 0 unspecified atom stereocenters. The number of ketones is 1. The zero-order chi connectivity index (χ0) is 18.7. The Morgan fingerprint density at radius 2 is 2.00 bits per heavy atom. The number of hydrogen-bond acceptors (Lipinski definition) is 3. The normalized spacial score (nSPS) is 47.5. The van der Waals surface area contributed by atoms with Gasteiger partial charge in [0.05, 0.1) is 0 Å². The number of fused-ring (bicyclic) bond motifs is 5. The van der Waals surface area contributed by atoms with Crippen molar-refractivity contribution < 1.29 is 18.7 Å². The third-order valence-corrected chi connectivity index (χ3v) is 8.44. The zero-order valence-corrected chi connectivity index (χ0v) is 16.2. The van der Waals surface area contributed by atoms with Crippen LogP contribution in [0.5, 0.6) is 0 Å². The lowest BCUT2D eigenvalue weighted by atomic mass is 9.47. The molecule has 3 nitrogen and oxygen atoms in total. The van der Waals surface area contributed by atoms with Crippen LogP contribution in [0.4, 0.5) is 4.39 Å². The van der Waals surface area contributed by atoms with E-state index in [0.29, 0.717) is 30.6 Å². The molecule has 4 aliphatic rings. The number of allylic oxidation sites excluding steroid dienone is 1.